The fraction of sp³-hybridized carbons (Fsp3) is 0.100. The van der Waals surface area contributed by atoms with Crippen LogP contribution in [-0.2, 0) is 4.79 Å². The van der Waals surface area contributed by atoms with E-state index in [9.17, 15) is 9.59 Å². The van der Waals surface area contributed by atoms with E-state index in [0.29, 0.717) is 0 Å². The lowest BCUT2D eigenvalue weighted by molar-refractivity contribution is -0.118. The largest absolute Gasteiger partial charge is 0.478 e. The number of para-hydroxylation sites is 1. The number of hydrogen-bond acceptors (Lipinski definition) is 3. The number of carboxylic acids is 1. The first-order chi connectivity index (χ1) is 8.71. The Morgan fingerprint density at radius 2 is 1.79 bits per heavy atom. The Morgan fingerprint density at radius 3 is 2.32 bits per heavy atom. The molecule has 0 saturated heterocycles. The number of nitrogens with one attached hydrogen (secondary N) is 2. The van der Waals surface area contributed by atoms with E-state index in [4.69, 9.17) is 52.1 Å². The van der Waals surface area contributed by atoms with Crippen LogP contribution in [0.3, 0.4) is 0 Å². The van der Waals surface area contributed by atoms with Gasteiger partial charge in [0.15, 0.2) is 5.11 Å². The second-order valence-electron chi connectivity index (χ2n) is 3.26. The SMILES string of the molecule is O=C(O)c1ccccc1NC(=S)NC(=O)C(Cl)(Cl)Cl. The van der Waals surface area contributed by atoms with Gasteiger partial charge in [-0.3, -0.25) is 10.1 Å². The van der Waals surface area contributed by atoms with Crippen molar-refractivity contribution in [1.82, 2.24) is 5.32 Å². The molecule has 0 radical (unpaired) electrons. The van der Waals surface area contributed by atoms with Crippen LogP contribution in [0.15, 0.2) is 24.3 Å². The summed E-state index contributed by atoms with van der Waals surface area (Å²) in [7, 11) is 0. The Morgan fingerprint density at radius 1 is 1.21 bits per heavy atom. The molecule has 1 aromatic rings. The third-order valence-electron chi connectivity index (χ3n) is 1.89. The minimum absolute atomic E-state index is 0.00650. The lowest BCUT2D eigenvalue weighted by Gasteiger charge is -2.14. The van der Waals surface area contributed by atoms with Crippen LogP contribution in [0.4, 0.5) is 5.69 Å². The van der Waals surface area contributed by atoms with Crippen LogP contribution in [0.1, 0.15) is 10.4 Å². The van der Waals surface area contributed by atoms with Gasteiger partial charge in [0, 0.05) is 0 Å². The van der Waals surface area contributed by atoms with Gasteiger partial charge in [0.1, 0.15) is 0 Å². The number of benzene rings is 1. The van der Waals surface area contributed by atoms with E-state index in [1.54, 1.807) is 12.1 Å². The first kappa shape index (κ1) is 16.0. The van der Waals surface area contributed by atoms with Crippen molar-refractivity contribution in [3.05, 3.63) is 29.8 Å². The number of amides is 1. The van der Waals surface area contributed by atoms with Gasteiger partial charge in [-0.25, -0.2) is 4.79 Å². The van der Waals surface area contributed by atoms with Crippen molar-refractivity contribution < 1.29 is 14.7 Å². The summed E-state index contributed by atoms with van der Waals surface area (Å²) in [5, 5.41) is 13.4. The summed E-state index contributed by atoms with van der Waals surface area (Å²) in [6.45, 7) is 0. The number of hydrogen-bond donors (Lipinski definition) is 3. The Hall–Kier alpha value is -1.08. The van der Waals surface area contributed by atoms with Gasteiger partial charge in [-0.2, -0.15) is 0 Å². The van der Waals surface area contributed by atoms with Gasteiger partial charge in [-0.1, -0.05) is 46.9 Å². The van der Waals surface area contributed by atoms with Crippen molar-refractivity contribution in [2.45, 2.75) is 3.79 Å². The highest BCUT2D eigenvalue weighted by atomic mass is 35.6. The highest BCUT2D eigenvalue weighted by Gasteiger charge is 2.31. The highest BCUT2D eigenvalue weighted by molar-refractivity contribution is 7.80. The molecule has 1 rings (SSSR count). The van der Waals surface area contributed by atoms with Crippen molar-refractivity contribution in [3.63, 3.8) is 0 Å². The molecule has 5 nitrogen and oxygen atoms in total. The summed E-state index contributed by atoms with van der Waals surface area (Å²) in [5.41, 5.74) is 0.206. The maximum Gasteiger partial charge on any atom is 0.337 e. The standard InChI is InChI=1S/C10H7Cl3N2O3S/c11-10(12,13)8(18)15-9(19)14-6-4-2-1-3-5(6)7(16)17/h1-4H,(H,16,17)(H2,14,15,18,19). The van der Waals surface area contributed by atoms with Gasteiger partial charge >= 0.3 is 5.97 Å². The van der Waals surface area contributed by atoms with Crippen molar-refractivity contribution in [1.29, 1.82) is 0 Å². The molecule has 0 heterocycles. The van der Waals surface area contributed by atoms with Crippen molar-refractivity contribution in [2.75, 3.05) is 5.32 Å². The zero-order valence-electron chi connectivity index (χ0n) is 9.12. The molecule has 0 aliphatic rings. The van der Waals surface area contributed by atoms with Crippen molar-refractivity contribution in [2.24, 2.45) is 0 Å². The Labute approximate surface area is 128 Å². The summed E-state index contributed by atoms with van der Waals surface area (Å²) >= 11 is 20.9. The van der Waals surface area contributed by atoms with E-state index >= 15 is 0 Å². The molecule has 0 aliphatic carbocycles. The number of thiocarbonyl (C=S) groups is 1. The molecule has 1 aromatic carbocycles. The zero-order valence-corrected chi connectivity index (χ0v) is 12.2. The van der Waals surface area contributed by atoms with Crippen LogP contribution in [0.5, 0.6) is 0 Å². The summed E-state index contributed by atoms with van der Waals surface area (Å²) < 4.78 is -2.15. The molecule has 0 aliphatic heterocycles. The van der Waals surface area contributed by atoms with Crippen LogP contribution < -0.4 is 10.6 Å². The molecule has 0 unspecified atom stereocenters. The lowest BCUT2D eigenvalue weighted by atomic mass is 10.2. The monoisotopic (exact) mass is 340 g/mol. The summed E-state index contributed by atoms with van der Waals surface area (Å²) in [6, 6.07) is 6.02. The molecular formula is C10H7Cl3N2O3S. The lowest BCUT2D eigenvalue weighted by Crippen LogP contribution is -2.41. The minimum Gasteiger partial charge on any atom is -0.478 e. The third-order valence-corrected chi connectivity index (χ3v) is 2.61. The fourth-order valence-corrected chi connectivity index (χ4v) is 1.45. The Kier molecular flexibility index (Phi) is 5.37. The summed E-state index contributed by atoms with van der Waals surface area (Å²) in [6.07, 6.45) is 0. The number of aromatic carboxylic acids is 1. The van der Waals surface area contributed by atoms with Gasteiger partial charge in [0.2, 0.25) is 0 Å². The molecule has 19 heavy (non-hydrogen) atoms. The normalized spacial score (nSPS) is 10.7. The molecular weight excluding hydrogens is 335 g/mol. The van der Waals surface area contributed by atoms with Crippen LogP contribution in [0.25, 0.3) is 0 Å². The summed E-state index contributed by atoms with van der Waals surface area (Å²) in [5.74, 6) is -2.08. The number of carbonyl (C=O) groups excluding carboxylic acids is 1. The Bertz CT molecular complexity index is 531. The zero-order chi connectivity index (χ0) is 14.6. The first-order valence-electron chi connectivity index (χ1n) is 4.73. The van der Waals surface area contributed by atoms with Crippen molar-refractivity contribution in [3.8, 4) is 0 Å². The van der Waals surface area contributed by atoms with Crippen LogP contribution in [0, 0.1) is 0 Å². The maximum absolute atomic E-state index is 11.3. The van der Waals surface area contributed by atoms with E-state index in [1.165, 1.54) is 12.1 Å². The first-order valence-corrected chi connectivity index (χ1v) is 6.27. The molecule has 1 amide bonds. The minimum atomic E-state index is -2.15. The smallest absolute Gasteiger partial charge is 0.337 e. The molecule has 0 atom stereocenters. The van der Waals surface area contributed by atoms with Crippen LogP contribution in [0.2, 0.25) is 0 Å². The molecule has 0 bridgehead atoms. The van der Waals surface area contributed by atoms with Crippen LogP contribution >= 0.6 is 47.0 Å². The number of anilines is 1. The number of rotatable bonds is 2. The average Bonchev–Trinajstić information content (AvgIpc) is 2.27. The van der Waals surface area contributed by atoms with Gasteiger partial charge in [0.05, 0.1) is 11.3 Å². The molecule has 0 fully saturated rings. The third kappa shape index (κ3) is 4.83. The quantitative estimate of drug-likeness (QED) is 0.569. The van der Waals surface area contributed by atoms with E-state index in [0.717, 1.165) is 0 Å². The molecule has 0 saturated carbocycles. The predicted molar refractivity (Wildman–Crippen MR) is 78.1 cm³/mol. The molecule has 0 aromatic heterocycles. The molecule has 3 N–H and O–H groups in total. The molecule has 102 valence electrons. The molecule has 9 heteroatoms. The second kappa shape index (κ2) is 6.38. The van der Waals surface area contributed by atoms with E-state index in [-0.39, 0.29) is 16.4 Å². The number of carboxylic acid groups (broad SMARTS) is 1. The van der Waals surface area contributed by atoms with Gasteiger partial charge in [-0.05, 0) is 24.4 Å². The van der Waals surface area contributed by atoms with Crippen LogP contribution in [-0.4, -0.2) is 25.9 Å². The second-order valence-corrected chi connectivity index (χ2v) is 5.95. The summed E-state index contributed by atoms with van der Waals surface area (Å²) in [4.78, 5) is 22.3. The topological polar surface area (TPSA) is 78.4 Å². The van der Waals surface area contributed by atoms with Gasteiger partial charge in [-0.15, -0.1) is 0 Å². The van der Waals surface area contributed by atoms with Gasteiger partial charge in [0.25, 0.3) is 9.70 Å². The number of halogens is 3. The fourth-order valence-electron chi connectivity index (χ4n) is 1.11. The maximum atomic E-state index is 11.3. The van der Waals surface area contributed by atoms with Gasteiger partial charge < -0.3 is 10.4 Å². The Balaban J connectivity index is 2.79. The predicted octanol–water partition coefficient (Wildman–Crippen LogP) is 2.57. The average molecular weight is 342 g/mol. The van der Waals surface area contributed by atoms with E-state index < -0.39 is 15.7 Å². The molecule has 0 spiro atoms. The van der Waals surface area contributed by atoms with E-state index in [2.05, 4.69) is 10.6 Å². The van der Waals surface area contributed by atoms with Crippen molar-refractivity contribution >= 4 is 69.7 Å². The van der Waals surface area contributed by atoms with E-state index in [1.807, 2.05) is 0 Å². The highest BCUT2D eigenvalue weighted by Crippen LogP contribution is 2.25. The number of carbonyl (C=O) groups is 2. The number of alkyl halides is 3.